The minimum absolute atomic E-state index is 0.0680. The topological polar surface area (TPSA) is 125 Å². The Labute approximate surface area is 137 Å². The molecule has 0 atom stereocenters. The molecule has 0 aliphatic carbocycles. The maximum absolute atomic E-state index is 12.1. The van der Waals surface area contributed by atoms with Gasteiger partial charge in [0.05, 0.1) is 38.6 Å². The number of carbonyl (C=O) groups excluding carboxylic acids is 2. The number of benzene rings is 1. The molecule has 1 aromatic rings. The number of β-amino-alcohol motifs (C(OH)–C–C–N with tert-alkyl or cyclic N) is 1. The quantitative estimate of drug-likeness (QED) is 0.597. The van der Waals surface area contributed by atoms with Crippen LogP contribution in [0.1, 0.15) is 10.4 Å². The number of carboxylic acids is 1. The molecule has 24 heavy (non-hydrogen) atoms. The van der Waals surface area contributed by atoms with E-state index in [9.17, 15) is 19.5 Å². The second-order valence-corrected chi connectivity index (χ2v) is 4.76. The number of anilines is 1. The van der Waals surface area contributed by atoms with Gasteiger partial charge in [-0.05, 0) is 0 Å². The van der Waals surface area contributed by atoms with Crippen molar-refractivity contribution in [2.75, 3.05) is 32.7 Å². The third-order valence-electron chi connectivity index (χ3n) is 3.36. The monoisotopic (exact) mass is 336 g/mol. The van der Waals surface area contributed by atoms with Gasteiger partial charge in [-0.15, -0.1) is 0 Å². The third-order valence-corrected chi connectivity index (χ3v) is 3.36. The Balaban J connectivity index is 2.39. The van der Waals surface area contributed by atoms with Gasteiger partial charge in [-0.25, -0.2) is 4.79 Å². The highest BCUT2D eigenvalue weighted by molar-refractivity contribution is 6.17. The lowest BCUT2D eigenvalue weighted by Gasteiger charge is -2.16. The number of carbonyl (C=O) groups is 3. The van der Waals surface area contributed by atoms with Crippen molar-refractivity contribution in [2.24, 2.45) is 0 Å². The Bertz CT molecular complexity index is 727. The molecule has 0 unspecified atom stereocenters. The minimum atomic E-state index is -1.25. The van der Waals surface area contributed by atoms with Gasteiger partial charge in [-0.2, -0.15) is 0 Å². The number of methoxy groups -OCH3 is 2. The maximum Gasteiger partial charge on any atom is 0.337 e. The summed E-state index contributed by atoms with van der Waals surface area (Å²) in [5.41, 5.74) is -0.184. The van der Waals surface area contributed by atoms with Crippen molar-refractivity contribution in [3.05, 3.63) is 29.5 Å². The summed E-state index contributed by atoms with van der Waals surface area (Å²) >= 11 is 0. The summed E-state index contributed by atoms with van der Waals surface area (Å²) in [4.78, 5) is 36.1. The van der Waals surface area contributed by atoms with Crippen LogP contribution in [0.25, 0.3) is 0 Å². The molecule has 1 aliphatic rings. The van der Waals surface area contributed by atoms with E-state index < -0.39 is 17.8 Å². The maximum atomic E-state index is 12.1. The van der Waals surface area contributed by atoms with Crippen molar-refractivity contribution in [3.63, 3.8) is 0 Å². The fourth-order valence-corrected chi connectivity index (χ4v) is 2.21. The Kier molecular flexibility index (Phi) is 5.05. The first kappa shape index (κ1) is 17.3. The number of rotatable bonds is 7. The number of imide groups is 1. The first-order chi connectivity index (χ1) is 11.4. The molecule has 3 N–H and O–H groups in total. The number of carboxylic acid groups (broad SMARTS) is 1. The summed E-state index contributed by atoms with van der Waals surface area (Å²) in [7, 11) is 2.75. The fourth-order valence-electron chi connectivity index (χ4n) is 2.21. The van der Waals surface area contributed by atoms with E-state index in [-0.39, 0.29) is 41.6 Å². The molecule has 0 fully saturated rings. The predicted molar refractivity (Wildman–Crippen MR) is 82.0 cm³/mol. The van der Waals surface area contributed by atoms with E-state index in [0.29, 0.717) is 0 Å². The van der Waals surface area contributed by atoms with Crippen LogP contribution in [0.5, 0.6) is 11.5 Å². The van der Waals surface area contributed by atoms with Crippen molar-refractivity contribution >= 4 is 23.5 Å². The summed E-state index contributed by atoms with van der Waals surface area (Å²) in [6.07, 6.45) is 1.04. The van der Waals surface area contributed by atoms with Crippen molar-refractivity contribution < 1.29 is 34.1 Å². The van der Waals surface area contributed by atoms with Crippen LogP contribution in [0.4, 0.5) is 5.69 Å². The van der Waals surface area contributed by atoms with Crippen molar-refractivity contribution in [3.8, 4) is 11.5 Å². The number of aromatic carboxylic acids is 1. The highest BCUT2D eigenvalue weighted by Crippen LogP contribution is 2.34. The van der Waals surface area contributed by atoms with Crippen molar-refractivity contribution in [2.45, 2.75) is 0 Å². The van der Waals surface area contributed by atoms with E-state index in [0.717, 1.165) is 11.0 Å². The van der Waals surface area contributed by atoms with E-state index >= 15 is 0 Å². The van der Waals surface area contributed by atoms with Gasteiger partial charge in [0.25, 0.3) is 11.8 Å². The average Bonchev–Trinajstić information content (AvgIpc) is 2.82. The molecule has 1 heterocycles. The molecule has 0 saturated heterocycles. The van der Waals surface area contributed by atoms with E-state index in [4.69, 9.17) is 14.6 Å². The van der Waals surface area contributed by atoms with Crippen LogP contribution in [0.15, 0.2) is 23.9 Å². The SMILES string of the molecule is COc1cc(NC2=CC(=O)N(CCO)C2=O)c(C(=O)O)cc1OC. The normalized spacial score (nSPS) is 13.8. The zero-order valence-corrected chi connectivity index (χ0v) is 13.0. The number of amides is 2. The van der Waals surface area contributed by atoms with Gasteiger partial charge < -0.3 is 25.0 Å². The molecule has 0 spiro atoms. The van der Waals surface area contributed by atoms with Crippen LogP contribution >= 0.6 is 0 Å². The molecule has 1 aromatic carbocycles. The van der Waals surface area contributed by atoms with Gasteiger partial charge in [-0.3, -0.25) is 14.5 Å². The van der Waals surface area contributed by atoms with Crippen LogP contribution in [-0.4, -0.2) is 60.3 Å². The Hall–Kier alpha value is -3.07. The Morgan fingerprint density at radius 2 is 1.83 bits per heavy atom. The molecule has 0 saturated carbocycles. The molecule has 9 nitrogen and oxygen atoms in total. The highest BCUT2D eigenvalue weighted by atomic mass is 16.5. The van der Waals surface area contributed by atoms with E-state index in [2.05, 4.69) is 5.32 Å². The minimum Gasteiger partial charge on any atom is -0.493 e. The molecule has 0 radical (unpaired) electrons. The largest absolute Gasteiger partial charge is 0.493 e. The molecule has 0 bridgehead atoms. The second kappa shape index (κ2) is 7.01. The van der Waals surface area contributed by atoms with Gasteiger partial charge in [-0.1, -0.05) is 0 Å². The first-order valence-corrected chi connectivity index (χ1v) is 6.87. The Morgan fingerprint density at radius 1 is 1.21 bits per heavy atom. The number of nitrogens with one attached hydrogen (secondary N) is 1. The lowest BCUT2D eigenvalue weighted by Crippen LogP contribution is -2.34. The van der Waals surface area contributed by atoms with E-state index in [1.807, 2.05) is 0 Å². The predicted octanol–water partition coefficient (Wildman–Crippen LogP) is 0.0589. The summed E-state index contributed by atoms with van der Waals surface area (Å²) < 4.78 is 10.2. The van der Waals surface area contributed by atoms with E-state index in [1.165, 1.54) is 26.4 Å². The summed E-state index contributed by atoms with van der Waals surface area (Å²) in [5.74, 6) is -2.02. The number of hydrogen-bond donors (Lipinski definition) is 3. The molecule has 1 aliphatic heterocycles. The lowest BCUT2D eigenvalue weighted by atomic mass is 10.1. The zero-order valence-electron chi connectivity index (χ0n) is 13.0. The number of aliphatic hydroxyl groups excluding tert-OH is 1. The van der Waals surface area contributed by atoms with Gasteiger partial charge in [0.2, 0.25) is 0 Å². The first-order valence-electron chi connectivity index (χ1n) is 6.87. The standard InChI is InChI=1S/C15H16N2O7/c1-23-11-5-8(15(21)22)9(6-12(11)24-2)16-10-7-13(19)17(3-4-18)14(10)20/h5-7,16,18H,3-4H2,1-2H3,(H,21,22). The molecule has 2 rings (SSSR count). The van der Waals surface area contributed by atoms with Crippen LogP contribution < -0.4 is 14.8 Å². The van der Waals surface area contributed by atoms with Crippen LogP contribution in [0.2, 0.25) is 0 Å². The number of hydrogen-bond acceptors (Lipinski definition) is 7. The van der Waals surface area contributed by atoms with Crippen molar-refractivity contribution in [1.29, 1.82) is 0 Å². The van der Waals surface area contributed by atoms with Crippen molar-refractivity contribution in [1.82, 2.24) is 4.90 Å². The molecule has 2 amide bonds. The smallest absolute Gasteiger partial charge is 0.337 e. The summed E-state index contributed by atoms with van der Waals surface area (Å²) in [6, 6.07) is 2.60. The van der Waals surface area contributed by atoms with Gasteiger partial charge in [0.15, 0.2) is 11.5 Å². The van der Waals surface area contributed by atoms with Gasteiger partial charge >= 0.3 is 5.97 Å². The number of nitrogens with zero attached hydrogens (tertiary/aromatic N) is 1. The molecular weight excluding hydrogens is 320 g/mol. The van der Waals surface area contributed by atoms with E-state index in [1.54, 1.807) is 0 Å². The second-order valence-electron chi connectivity index (χ2n) is 4.76. The fraction of sp³-hybridized carbons (Fsp3) is 0.267. The molecule has 128 valence electrons. The molecule has 9 heteroatoms. The highest BCUT2D eigenvalue weighted by Gasteiger charge is 2.31. The van der Waals surface area contributed by atoms with Crippen LogP contribution in [0.3, 0.4) is 0 Å². The number of aliphatic hydroxyl groups is 1. The number of ether oxygens (including phenoxy) is 2. The zero-order chi connectivity index (χ0) is 17.9. The van der Waals surface area contributed by atoms with Gasteiger partial charge in [0, 0.05) is 18.2 Å². The van der Waals surface area contributed by atoms with Crippen LogP contribution in [-0.2, 0) is 9.59 Å². The molecular formula is C15H16N2O7. The summed E-state index contributed by atoms with van der Waals surface area (Å²) in [5, 5.41) is 20.8. The average molecular weight is 336 g/mol. The summed E-state index contributed by atoms with van der Waals surface area (Å²) in [6.45, 7) is -0.508. The lowest BCUT2D eigenvalue weighted by molar-refractivity contribution is -0.137. The van der Waals surface area contributed by atoms with Crippen LogP contribution in [0, 0.1) is 0 Å². The third kappa shape index (κ3) is 3.15. The van der Waals surface area contributed by atoms with Gasteiger partial charge in [0.1, 0.15) is 5.70 Å². The molecule has 0 aromatic heterocycles. The Morgan fingerprint density at radius 3 is 2.38 bits per heavy atom.